The zero-order valence-corrected chi connectivity index (χ0v) is 9.03. The molecule has 0 fully saturated rings. The van der Waals surface area contributed by atoms with Gasteiger partial charge in [0.15, 0.2) is 5.60 Å². The molecule has 0 aromatic carbocycles. The summed E-state index contributed by atoms with van der Waals surface area (Å²) in [5, 5.41) is 25.5. The second-order valence-electron chi connectivity index (χ2n) is 3.02. The van der Waals surface area contributed by atoms with Gasteiger partial charge in [0, 0.05) is 0 Å². The minimum atomic E-state index is -5.36. The van der Waals surface area contributed by atoms with E-state index >= 15 is 0 Å². The molecule has 13 heteroatoms. The fraction of sp³-hybridized carbons (Fsp3) is 0.500. The maximum absolute atomic E-state index is 10.8. The van der Waals surface area contributed by atoms with Crippen LogP contribution in [0.1, 0.15) is 12.8 Å². The van der Waals surface area contributed by atoms with E-state index in [2.05, 4.69) is 4.52 Å². The zero-order valence-electron chi connectivity index (χ0n) is 8.14. The normalized spacial score (nSPS) is 10.8. The van der Waals surface area contributed by atoms with Gasteiger partial charge in [-0.3, -0.25) is 14.1 Å². The summed E-state index contributed by atoms with van der Waals surface area (Å²) in [6.07, 6.45) is -2.81. The summed E-state index contributed by atoms with van der Waals surface area (Å²) in [4.78, 5) is 48.5. The second-order valence-corrected chi connectivity index (χ2v) is 4.19. The average Bonchev–Trinajstić information content (AvgIpc) is 1.96. The molecule has 10 nitrogen and oxygen atoms in total. The Morgan fingerprint density at radius 1 is 0.947 bits per heavy atom. The van der Waals surface area contributed by atoms with Gasteiger partial charge < -0.3 is 25.1 Å². The number of phosphoric ester groups is 1. The molecule has 0 aromatic heterocycles. The van der Waals surface area contributed by atoms with Gasteiger partial charge in [-0.15, -0.1) is 0 Å². The van der Waals surface area contributed by atoms with Crippen LogP contribution >= 0.6 is 7.82 Å². The van der Waals surface area contributed by atoms with Crippen LogP contribution in [0.4, 0.5) is 0 Å². The first-order valence-electron chi connectivity index (χ1n) is 3.92. The zero-order chi connectivity index (χ0) is 13.9. The van der Waals surface area contributed by atoms with Gasteiger partial charge in [0.25, 0.3) is 0 Å². The summed E-state index contributed by atoms with van der Waals surface area (Å²) in [5.41, 5.74) is -3.02. The topological polar surface area (TPSA) is 179 Å². The van der Waals surface area contributed by atoms with Crippen LogP contribution in [0, 0.1) is 0 Å². The van der Waals surface area contributed by atoms with Crippen molar-refractivity contribution in [2.45, 2.75) is 18.4 Å². The predicted molar refractivity (Wildman–Crippen MR) is 62.3 cm³/mol. The molecule has 0 aliphatic rings. The number of aliphatic carboxylic acids is 3. The van der Waals surface area contributed by atoms with Crippen molar-refractivity contribution >= 4 is 128 Å². The molecule has 0 aliphatic heterocycles. The van der Waals surface area contributed by atoms with Gasteiger partial charge in [0.1, 0.15) is 0 Å². The van der Waals surface area contributed by atoms with Crippen LogP contribution in [0.5, 0.6) is 0 Å². The molecule has 0 aliphatic carbocycles. The number of hydrogen-bond acceptors (Lipinski definition) is 5. The van der Waals surface area contributed by atoms with Crippen molar-refractivity contribution in [1.29, 1.82) is 0 Å². The molecule has 5 N–H and O–H groups in total. The van der Waals surface area contributed by atoms with Gasteiger partial charge in [0.05, 0.1) is 12.8 Å². The second kappa shape index (κ2) is 10.5. The first-order valence-corrected chi connectivity index (χ1v) is 5.45. The number of hydrogen-bond donors (Lipinski definition) is 5. The van der Waals surface area contributed by atoms with Crippen molar-refractivity contribution in [2.24, 2.45) is 0 Å². The Morgan fingerprint density at radius 3 is 1.42 bits per heavy atom. The van der Waals surface area contributed by atoms with Crippen LogP contribution in [0.25, 0.3) is 0 Å². The van der Waals surface area contributed by atoms with E-state index in [1.807, 2.05) is 0 Å². The molecule has 0 amide bonds. The van der Waals surface area contributed by atoms with E-state index in [0.717, 1.165) is 0 Å². The van der Waals surface area contributed by atoms with Crippen molar-refractivity contribution in [1.82, 2.24) is 0 Å². The van der Waals surface area contributed by atoms with E-state index in [9.17, 15) is 18.9 Å². The summed E-state index contributed by atoms with van der Waals surface area (Å²) in [5.74, 6) is -5.64. The third-order valence-electron chi connectivity index (χ3n) is 1.56. The monoisotopic (exact) mass is 352 g/mol. The molecule has 0 spiro atoms. The van der Waals surface area contributed by atoms with E-state index in [1.54, 1.807) is 0 Å². The summed E-state index contributed by atoms with van der Waals surface area (Å²) in [6.45, 7) is 0. The molecule has 0 radical (unpaired) electrons. The Bertz CT molecular complexity index is 373. The first-order chi connectivity index (χ1) is 7.48. The summed E-state index contributed by atoms with van der Waals surface area (Å²) in [6, 6.07) is 0. The maximum atomic E-state index is 10.8. The van der Waals surface area contributed by atoms with Crippen LogP contribution in [-0.2, 0) is 23.5 Å². The summed E-state index contributed by atoms with van der Waals surface area (Å²) >= 11 is 0. The fourth-order valence-corrected chi connectivity index (χ4v) is 1.70. The van der Waals surface area contributed by atoms with E-state index in [1.165, 1.54) is 0 Å². The van der Waals surface area contributed by atoms with Gasteiger partial charge in [0.2, 0.25) is 0 Å². The summed E-state index contributed by atoms with van der Waals surface area (Å²) in [7, 11) is -5.36. The molecule has 0 aromatic rings. The molecular formula is C6H11K2O10P. The van der Waals surface area contributed by atoms with Crippen molar-refractivity contribution in [3.05, 3.63) is 0 Å². The first kappa shape index (κ1) is 25.7. The molecule has 0 saturated heterocycles. The Morgan fingerprint density at radius 2 is 1.26 bits per heavy atom. The molecule has 0 atom stereocenters. The third kappa shape index (κ3) is 11.1. The number of carbonyl (C=O) groups is 3. The Hall–Kier alpha value is 1.79. The van der Waals surface area contributed by atoms with E-state index in [4.69, 9.17) is 25.1 Å². The Labute approximate surface area is 192 Å². The van der Waals surface area contributed by atoms with Crippen LogP contribution in [0.15, 0.2) is 0 Å². The van der Waals surface area contributed by atoms with Gasteiger partial charge in [-0.25, -0.2) is 9.36 Å². The average molecular weight is 352 g/mol. The third-order valence-corrected chi connectivity index (χ3v) is 2.14. The number of carboxylic acid groups (broad SMARTS) is 3. The Balaban J connectivity index is -0.00000128. The van der Waals surface area contributed by atoms with Gasteiger partial charge in [-0.1, -0.05) is 0 Å². The SMILES string of the molecule is O=C(O)CC(CC(=O)O)(OP(=O)(O)O)C(=O)O.[KH].[KH]. The molecule has 0 heterocycles. The molecule has 19 heavy (non-hydrogen) atoms. The standard InChI is InChI=1S/C6H9O10P.2K.2H/c7-3(8)1-6(5(11)12,2-4(9)10)16-17(13,14)15;;;;/h1-2H2,(H,7,8)(H,9,10)(H,11,12)(H2,13,14,15);;;;. The van der Waals surface area contributed by atoms with Gasteiger partial charge in [-0.2, -0.15) is 0 Å². The quantitative estimate of drug-likeness (QED) is 0.244. The molecule has 0 rings (SSSR count). The fourth-order valence-electron chi connectivity index (χ4n) is 1.03. The number of rotatable bonds is 7. The van der Waals surface area contributed by atoms with Gasteiger partial charge >= 0.3 is 128 Å². The van der Waals surface area contributed by atoms with Gasteiger partial charge in [-0.05, 0) is 0 Å². The molecule has 0 saturated carbocycles. The Kier molecular flexibility index (Phi) is 14.2. The number of carboxylic acids is 3. The molecule has 102 valence electrons. The van der Waals surface area contributed by atoms with E-state index < -0.39 is 44.2 Å². The molecule has 0 bridgehead atoms. The minimum absolute atomic E-state index is 0. The van der Waals surface area contributed by atoms with Crippen molar-refractivity contribution in [3.8, 4) is 0 Å². The van der Waals surface area contributed by atoms with Crippen LogP contribution in [0.3, 0.4) is 0 Å². The van der Waals surface area contributed by atoms with Crippen molar-refractivity contribution in [3.63, 3.8) is 0 Å². The molecule has 0 unspecified atom stereocenters. The molecular weight excluding hydrogens is 341 g/mol. The van der Waals surface area contributed by atoms with Crippen LogP contribution in [-0.4, -0.2) is 151 Å². The van der Waals surface area contributed by atoms with E-state index in [-0.39, 0.29) is 103 Å². The predicted octanol–water partition coefficient (Wildman–Crippen LogP) is -2.43. The summed E-state index contributed by atoms with van der Waals surface area (Å²) < 4.78 is 14.4. The van der Waals surface area contributed by atoms with Crippen LogP contribution in [0.2, 0.25) is 0 Å². The van der Waals surface area contributed by atoms with Crippen molar-refractivity contribution in [2.75, 3.05) is 0 Å². The van der Waals surface area contributed by atoms with E-state index in [0.29, 0.717) is 0 Å². The van der Waals surface area contributed by atoms with Crippen LogP contribution < -0.4 is 0 Å². The number of phosphoric acid groups is 1. The van der Waals surface area contributed by atoms with Crippen molar-refractivity contribution < 1.29 is 48.6 Å².